The maximum absolute atomic E-state index is 11.7. The third kappa shape index (κ3) is 3.95. The van der Waals surface area contributed by atoms with E-state index in [1.165, 1.54) is 18.9 Å². The second-order valence-electron chi connectivity index (χ2n) is 5.60. The highest BCUT2D eigenvalue weighted by Gasteiger charge is 2.19. The van der Waals surface area contributed by atoms with E-state index in [9.17, 15) is 9.59 Å². The molecule has 1 heterocycles. The van der Waals surface area contributed by atoms with Crippen LogP contribution in [-0.4, -0.2) is 24.1 Å². The number of thiocarbonyl (C=S) groups is 1. The second-order valence-corrected chi connectivity index (χ2v) is 6.95. The molecule has 1 fully saturated rings. The monoisotopic (exact) mass is 384 g/mol. The average Bonchev–Trinajstić information content (AvgIpc) is 2.97. The van der Waals surface area contributed by atoms with Gasteiger partial charge < -0.3 is 10.1 Å². The van der Waals surface area contributed by atoms with Crippen LogP contribution in [0.2, 0.25) is 0 Å². The molecule has 2 aromatic carbocycles. The van der Waals surface area contributed by atoms with E-state index in [-0.39, 0.29) is 11.9 Å². The Bertz CT molecular complexity index is 921. The molecule has 0 unspecified atom stereocenters. The van der Waals surface area contributed by atoms with Gasteiger partial charge in [0, 0.05) is 10.3 Å². The minimum absolute atomic E-state index is 0.222. The summed E-state index contributed by atoms with van der Waals surface area (Å²) in [5.74, 6) is -0.557. The third-order valence-electron chi connectivity index (χ3n) is 3.85. The number of nitrogens with one attached hydrogen (secondary N) is 2. The standard InChI is InChI=1S/C19H16N2O3S2/c1-11-9-13(5-8-15(11)18(23)24-2)12-3-6-14(7-4-12)26-10-16-17(22)21-19(25)20-16/h3-10H,1-2H3,(H2,20,21,22,25)/b16-10+. The number of rotatable bonds is 4. The van der Waals surface area contributed by atoms with E-state index < -0.39 is 0 Å². The van der Waals surface area contributed by atoms with Crippen LogP contribution in [0.25, 0.3) is 11.1 Å². The van der Waals surface area contributed by atoms with Crippen LogP contribution in [0.1, 0.15) is 15.9 Å². The van der Waals surface area contributed by atoms with E-state index in [1.54, 1.807) is 11.5 Å². The number of benzene rings is 2. The Kier molecular flexibility index (Phi) is 5.39. The molecule has 0 aliphatic carbocycles. The van der Waals surface area contributed by atoms with Crippen LogP contribution in [0.3, 0.4) is 0 Å². The van der Waals surface area contributed by atoms with Crippen LogP contribution in [-0.2, 0) is 9.53 Å². The first-order chi connectivity index (χ1) is 12.5. The normalized spacial score (nSPS) is 14.9. The molecule has 2 aromatic rings. The highest BCUT2D eigenvalue weighted by Crippen LogP contribution is 2.27. The summed E-state index contributed by atoms with van der Waals surface area (Å²) < 4.78 is 4.77. The van der Waals surface area contributed by atoms with Gasteiger partial charge in [-0.25, -0.2) is 4.79 Å². The molecule has 0 atom stereocenters. The van der Waals surface area contributed by atoms with Crippen LogP contribution in [0.5, 0.6) is 0 Å². The molecule has 7 heteroatoms. The van der Waals surface area contributed by atoms with Crippen LogP contribution >= 0.6 is 24.0 Å². The summed E-state index contributed by atoms with van der Waals surface area (Å²) >= 11 is 6.33. The van der Waals surface area contributed by atoms with Gasteiger partial charge in [0.2, 0.25) is 0 Å². The maximum Gasteiger partial charge on any atom is 0.338 e. The number of hydrogen-bond acceptors (Lipinski definition) is 5. The van der Waals surface area contributed by atoms with Crippen molar-refractivity contribution in [2.75, 3.05) is 7.11 Å². The Morgan fingerprint density at radius 1 is 1.12 bits per heavy atom. The summed E-state index contributed by atoms with van der Waals surface area (Å²) in [6.07, 6.45) is 0. The first kappa shape index (κ1) is 18.2. The molecule has 1 aliphatic heterocycles. The van der Waals surface area contributed by atoms with Gasteiger partial charge in [0.25, 0.3) is 5.91 Å². The molecule has 0 aromatic heterocycles. The van der Waals surface area contributed by atoms with Gasteiger partial charge in [0.1, 0.15) is 5.70 Å². The molecule has 2 N–H and O–H groups in total. The lowest BCUT2D eigenvalue weighted by Crippen LogP contribution is -2.21. The van der Waals surface area contributed by atoms with Crippen molar-refractivity contribution in [1.29, 1.82) is 0 Å². The molecule has 5 nitrogen and oxygen atoms in total. The van der Waals surface area contributed by atoms with Crippen LogP contribution in [0.15, 0.2) is 58.5 Å². The topological polar surface area (TPSA) is 67.4 Å². The largest absolute Gasteiger partial charge is 0.465 e. The van der Waals surface area contributed by atoms with E-state index in [1.807, 2.05) is 43.3 Å². The summed E-state index contributed by atoms with van der Waals surface area (Å²) in [6, 6.07) is 13.6. The SMILES string of the molecule is COC(=O)c1ccc(-c2ccc(S/C=C3/NC(=S)NC3=O)cc2)cc1C. The van der Waals surface area contributed by atoms with Crippen LogP contribution in [0.4, 0.5) is 0 Å². The average molecular weight is 384 g/mol. The lowest BCUT2D eigenvalue weighted by atomic mass is 10.00. The van der Waals surface area contributed by atoms with Crippen molar-refractivity contribution in [3.05, 3.63) is 64.7 Å². The summed E-state index contributed by atoms with van der Waals surface area (Å²) in [7, 11) is 1.37. The first-order valence-electron chi connectivity index (χ1n) is 7.76. The predicted molar refractivity (Wildman–Crippen MR) is 106 cm³/mol. The van der Waals surface area contributed by atoms with Gasteiger partial charge in [0.05, 0.1) is 12.7 Å². The van der Waals surface area contributed by atoms with Gasteiger partial charge in [0.15, 0.2) is 5.11 Å². The fraction of sp³-hybridized carbons (Fsp3) is 0.105. The van der Waals surface area contributed by atoms with Crippen molar-refractivity contribution < 1.29 is 14.3 Å². The van der Waals surface area contributed by atoms with Gasteiger partial charge in [-0.15, -0.1) is 0 Å². The Labute approximate surface area is 160 Å². The molecule has 0 saturated carbocycles. The zero-order chi connectivity index (χ0) is 18.7. The van der Waals surface area contributed by atoms with Crippen molar-refractivity contribution in [1.82, 2.24) is 10.6 Å². The fourth-order valence-electron chi connectivity index (χ4n) is 2.50. The van der Waals surface area contributed by atoms with Gasteiger partial charge in [-0.05, 0) is 54.0 Å². The summed E-state index contributed by atoms with van der Waals surface area (Å²) in [6.45, 7) is 1.89. The Hall–Kier alpha value is -2.64. The molecule has 1 aliphatic rings. The molecule has 132 valence electrons. The van der Waals surface area contributed by atoms with Crippen molar-refractivity contribution in [3.63, 3.8) is 0 Å². The Balaban J connectivity index is 1.74. The summed E-state index contributed by atoms with van der Waals surface area (Å²) in [5.41, 5.74) is 3.94. The van der Waals surface area contributed by atoms with Crippen LogP contribution < -0.4 is 10.6 Å². The van der Waals surface area contributed by atoms with E-state index in [4.69, 9.17) is 17.0 Å². The molecule has 3 rings (SSSR count). The number of ether oxygens (including phenoxy) is 1. The molecule has 0 bridgehead atoms. The lowest BCUT2D eigenvalue weighted by Gasteiger charge is -2.08. The van der Waals surface area contributed by atoms with Crippen molar-refractivity contribution in [2.45, 2.75) is 11.8 Å². The van der Waals surface area contributed by atoms with Crippen molar-refractivity contribution >= 4 is 41.0 Å². The molecule has 26 heavy (non-hydrogen) atoms. The number of aryl methyl sites for hydroxylation is 1. The number of carbonyl (C=O) groups excluding carboxylic acids is 2. The first-order valence-corrected chi connectivity index (χ1v) is 9.05. The fourth-order valence-corrected chi connectivity index (χ4v) is 3.41. The minimum atomic E-state index is -0.335. The number of hydrogen-bond donors (Lipinski definition) is 2. The van der Waals surface area contributed by atoms with Gasteiger partial charge in [-0.1, -0.05) is 36.0 Å². The van der Waals surface area contributed by atoms with E-state index in [2.05, 4.69) is 10.6 Å². The molecule has 0 radical (unpaired) electrons. The predicted octanol–water partition coefficient (Wildman–Crippen LogP) is 3.39. The van der Waals surface area contributed by atoms with E-state index >= 15 is 0 Å². The zero-order valence-electron chi connectivity index (χ0n) is 14.2. The van der Waals surface area contributed by atoms with Gasteiger partial charge >= 0.3 is 5.97 Å². The summed E-state index contributed by atoms with van der Waals surface area (Å²) in [5, 5.41) is 7.39. The zero-order valence-corrected chi connectivity index (χ0v) is 15.8. The number of esters is 1. The number of amides is 1. The lowest BCUT2D eigenvalue weighted by molar-refractivity contribution is -0.115. The molecule has 1 saturated heterocycles. The van der Waals surface area contributed by atoms with Gasteiger partial charge in [-0.2, -0.15) is 0 Å². The quantitative estimate of drug-likeness (QED) is 0.365. The van der Waals surface area contributed by atoms with Gasteiger partial charge in [-0.3, -0.25) is 10.1 Å². The van der Waals surface area contributed by atoms with Crippen LogP contribution in [0, 0.1) is 6.92 Å². The Morgan fingerprint density at radius 2 is 1.81 bits per heavy atom. The molecule has 0 spiro atoms. The molecule has 1 amide bonds. The maximum atomic E-state index is 11.7. The summed E-state index contributed by atoms with van der Waals surface area (Å²) in [4.78, 5) is 24.3. The number of carbonyl (C=O) groups is 2. The van der Waals surface area contributed by atoms with E-state index in [0.717, 1.165) is 21.6 Å². The number of thioether (sulfide) groups is 1. The third-order valence-corrected chi connectivity index (χ3v) is 4.95. The molecular weight excluding hydrogens is 368 g/mol. The molecular formula is C19H16N2O3S2. The highest BCUT2D eigenvalue weighted by molar-refractivity contribution is 8.02. The van der Waals surface area contributed by atoms with Crippen molar-refractivity contribution in [3.8, 4) is 11.1 Å². The smallest absolute Gasteiger partial charge is 0.338 e. The number of methoxy groups -OCH3 is 1. The van der Waals surface area contributed by atoms with Crippen molar-refractivity contribution in [2.24, 2.45) is 0 Å². The minimum Gasteiger partial charge on any atom is -0.465 e. The Morgan fingerprint density at radius 3 is 2.38 bits per heavy atom. The highest BCUT2D eigenvalue weighted by atomic mass is 32.2. The van der Waals surface area contributed by atoms with E-state index in [0.29, 0.717) is 16.4 Å². The second kappa shape index (κ2) is 7.72.